The monoisotopic (exact) mass is 568 g/mol. The Hall–Kier alpha value is -3.65. The van der Waals surface area contributed by atoms with Crippen LogP contribution in [0.4, 0.5) is 5.69 Å². The number of hydrogen-bond donors (Lipinski definition) is 0. The van der Waals surface area contributed by atoms with Gasteiger partial charge in [0.2, 0.25) is 11.2 Å². The van der Waals surface area contributed by atoms with E-state index in [4.69, 9.17) is 0 Å². The van der Waals surface area contributed by atoms with Crippen molar-refractivity contribution in [3.05, 3.63) is 113 Å². The number of benzene rings is 4. The highest BCUT2D eigenvalue weighted by Gasteiger charge is 2.27. The lowest BCUT2D eigenvalue weighted by Gasteiger charge is -2.19. The Morgan fingerprint density at radius 3 is 2.25 bits per heavy atom. The Balaban J connectivity index is 0.000000248. The van der Waals surface area contributed by atoms with Crippen molar-refractivity contribution in [2.24, 2.45) is 0 Å². The molecule has 0 N–H and O–H groups in total. The fraction of sp³-hybridized carbons (Fsp3) is 0.182. The van der Waals surface area contributed by atoms with Gasteiger partial charge < -0.3 is 9.45 Å². The van der Waals surface area contributed by atoms with Crippen LogP contribution in [-0.4, -0.2) is 19.5 Å². The first kappa shape index (κ1) is 27.9. The molecule has 0 amide bonds. The molecular formula is C33H32N2O3S2. The molecule has 0 spiro atoms. The van der Waals surface area contributed by atoms with Gasteiger partial charge in [-0.25, -0.2) is 8.42 Å². The van der Waals surface area contributed by atoms with Gasteiger partial charge in [-0.15, -0.1) is 0 Å². The molecule has 1 aliphatic heterocycles. The molecule has 1 aromatic heterocycles. The van der Waals surface area contributed by atoms with Crippen LogP contribution in [0.25, 0.3) is 27.8 Å². The van der Waals surface area contributed by atoms with Crippen molar-refractivity contribution in [3.8, 4) is 0 Å². The van der Waals surface area contributed by atoms with Gasteiger partial charge >= 0.3 is 0 Å². The van der Waals surface area contributed by atoms with Crippen molar-refractivity contribution in [2.75, 3.05) is 11.4 Å². The topological polar surface area (TPSA) is 64.3 Å². The molecule has 0 bridgehead atoms. The minimum atomic E-state index is -4.27. The fourth-order valence-corrected chi connectivity index (χ4v) is 6.72. The van der Waals surface area contributed by atoms with E-state index in [2.05, 4.69) is 103 Å². The minimum absolute atomic E-state index is 0.178. The third-order valence-electron chi connectivity index (χ3n) is 7.05. The number of aromatic nitrogens is 1. The summed E-state index contributed by atoms with van der Waals surface area (Å²) in [5.41, 5.74) is 6.12. The Morgan fingerprint density at radius 1 is 0.850 bits per heavy atom. The number of hydrogen-bond acceptors (Lipinski definition) is 5. The smallest absolute Gasteiger partial charge is 0.212 e. The van der Waals surface area contributed by atoms with Crippen LogP contribution in [0, 0.1) is 13.8 Å². The van der Waals surface area contributed by atoms with E-state index >= 15 is 0 Å². The predicted molar refractivity (Wildman–Crippen MR) is 164 cm³/mol. The van der Waals surface area contributed by atoms with Gasteiger partial charge in [0.15, 0.2) is 0 Å². The number of thioether (sulfide) groups is 1. The number of anilines is 1. The molecule has 0 aliphatic carbocycles. The molecule has 204 valence electrons. The molecule has 5 aromatic rings. The summed E-state index contributed by atoms with van der Waals surface area (Å²) in [6.45, 7) is 10.3. The summed E-state index contributed by atoms with van der Waals surface area (Å²) in [4.78, 5) is 3.63. The van der Waals surface area contributed by atoms with Crippen LogP contribution in [0.3, 0.4) is 0 Å². The lowest BCUT2D eigenvalue weighted by atomic mass is 10.1. The van der Waals surface area contributed by atoms with E-state index in [0.717, 1.165) is 18.7 Å². The third-order valence-corrected chi connectivity index (χ3v) is 8.99. The van der Waals surface area contributed by atoms with Gasteiger partial charge in [0.05, 0.1) is 15.6 Å². The summed E-state index contributed by atoms with van der Waals surface area (Å²) in [5, 5.41) is 5.23. The van der Waals surface area contributed by atoms with Crippen LogP contribution in [0.5, 0.6) is 0 Å². The maximum Gasteiger partial charge on any atom is 0.212 e. The van der Waals surface area contributed by atoms with Crippen molar-refractivity contribution >= 4 is 55.3 Å². The van der Waals surface area contributed by atoms with Crippen LogP contribution >= 0.6 is 11.8 Å². The summed E-state index contributed by atoms with van der Waals surface area (Å²) >= 11 is 1.88. The van der Waals surface area contributed by atoms with E-state index in [1.165, 1.54) is 60.7 Å². The average molecular weight is 569 g/mol. The van der Waals surface area contributed by atoms with Crippen LogP contribution in [0.15, 0.2) is 106 Å². The Morgan fingerprint density at radius 2 is 1.55 bits per heavy atom. The second kappa shape index (κ2) is 11.5. The number of rotatable bonds is 4. The van der Waals surface area contributed by atoms with E-state index in [0.29, 0.717) is 0 Å². The number of nitrogens with zero attached hydrogens (tertiary/aromatic N) is 2. The first-order chi connectivity index (χ1) is 19.2. The van der Waals surface area contributed by atoms with Gasteiger partial charge in [-0.2, -0.15) is 4.57 Å². The molecule has 5 nitrogen and oxygen atoms in total. The van der Waals surface area contributed by atoms with E-state index in [-0.39, 0.29) is 4.90 Å². The summed E-state index contributed by atoms with van der Waals surface area (Å²) in [7, 11) is -4.27. The lowest BCUT2D eigenvalue weighted by molar-refractivity contribution is -0.669. The molecule has 2 heterocycles. The summed E-state index contributed by atoms with van der Waals surface area (Å²) < 4.78 is 33.6. The van der Waals surface area contributed by atoms with E-state index < -0.39 is 10.1 Å². The number of fused-ring (bicyclic) bond motifs is 4. The van der Waals surface area contributed by atoms with E-state index in [1.54, 1.807) is 12.1 Å². The number of pyridine rings is 1. The van der Waals surface area contributed by atoms with E-state index in [9.17, 15) is 13.0 Å². The normalized spacial score (nSPS) is 13.9. The zero-order chi connectivity index (χ0) is 28.4. The predicted octanol–water partition coefficient (Wildman–Crippen LogP) is 7.44. The second-order valence-corrected chi connectivity index (χ2v) is 12.2. The molecule has 1 aliphatic rings. The van der Waals surface area contributed by atoms with Crippen LogP contribution in [0.2, 0.25) is 0 Å². The molecule has 0 atom stereocenters. The molecule has 7 heteroatoms. The van der Waals surface area contributed by atoms with Crippen LogP contribution in [0.1, 0.15) is 30.7 Å². The van der Waals surface area contributed by atoms with Crippen molar-refractivity contribution in [1.29, 1.82) is 0 Å². The van der Waals surface area contributed by atoms with Gasteiger partial charge in [0.25, 0.3) is 0 Å². The van der Waals surface area contributed by atoms with Crippen molar-refractivity contribution in [3.63, 3.8) is 0 Å². The molecule has 40 heavy (non-hydrogen) atoms. The largest absolute Gasteiger partial charge is 0.744 e. The second-order valence-electron chi connectivity index (χ2n) is 9.79. The quantitative estimate of drug-likeness (QED) is 0.167. The SMILES string of the molecule is CCN1/C(=C/c2ccc3cc(C)ccc3[n+]2CC)Sc2ccc3ccccc3c21.Cc1ccc(S(=O)(=O)[O-])cc1. The van der Waals surface area contributed by atoms with Gasteiger partial charge in [0, 0.05) is 40.4 Å². The first-order valence-corrected chi connectivity index (χ1v) is 15.6. The summed E-state index contributed by atoms with van der Waals surface area (Å²) in [5.74, 6) is 0. The number of aryl methyl sites for hydroxylation is 3. The Bertz CT molecular complexity index is 1850. The zero-order valence-corrected chi connectivity index (χ0v) is 24.7. The highest BCUT2D eigenvalue weighted by molar-refractivity contribution is 8.04. The zero-order valence-electron chi connectivity index (χ0n) is 23.1. The lowest BCUT2D eigenvalue weighted by Crippen LogP contribution is -2.37. The van der Waals surface area contributed by atoms with E-state index in [1.807, 2.05) is 18.7 Å². The van der Waals surface area contributed by atoms with Gasteiger partial charge in [-0.05, 0) is 63.4 Å². The van der Waals surface area contributed by atoms with Crippen molar-refractivity contribution in [1.82, 2.24) is 0 Å². The van der Waals surface area contributed by atoms with Crippen LogP contribution in [-0.2, 0) is 16.7 Å². The minimum Gasteiger partial charge on any atom is -0.744 e. The van der Waals surface area contributed by atoms with Gasteiger partial charge in [-0.3, -0.25) is 0 Å². The molecule has 0 radical (unpaired) electrons. The standard InChI is InChI=1S/C26H25N2S.C7H8O3S/c1-4-27-21(13-11-20-16-18(3)10-14-23(20)27)17-25-28(5-2)26-22-9-7-6-8-19(22)12-15-24(26)29-25;1-6-2-4-7(5-3-6)11(8,9)10/h6-17H,4-5H2,1-3H3;2-5H,1H3,(H,8,9,10)/q+1;/p-1. The van der Waals surface area contributed by atoms with Crippen molar-refractivity contribution in [2.45, 2.75) is 44.0 Å². The maximum absolute atomic E-state index is 10.4. The molecule has 0 fully saturated rings. The molecular weight excluding hydrogens is 537 g/mol. The molecule has 6 rings (SSSR count). The highest BCUT2D eigenvalue weighted by atomic mass is 32.2. The Kier molecular flexibility index (Phi) is 7.99. The maximum atomic E-state index is 10.4. The van der Waals surface area contributed by atoms with Gasteiger partial charge in [-0.1, -0.05) is 71.4 Å². The first-order valence-electron chi connectivity index (χ1n) is 13.3. The molecule has 0 saturated carbocycles. The van der Waals surface area contributed by atoms with Crippen LogP contribution < -0.4 is 9.47 Å². The average Bonchev–Trinajstić information content (AvgIpc) is 3.30. The van der Waals surface area contributed by atoms with Crippen molar-refractivity contribution < 1.29 is 17.5 Å². The molecule has 0 unspecified atom stereocenters. The molecule has 0 saturated heterocycles. The Labute approximate surface area is 240 Å². The highest BCUT2D eigenvalue weighted by Crippen LogP contribution is 2.49. The van der Waals surface area contributed by atoms with Gasteiger partial charge in [0.1, 0.15) is 16.7 Å². The third kappa shape index (κ3) is 5.63. The fourth-order valence-electron chi connectivity index (χ4n) is 5.06. The summed E-state index contributed by atoms with van der Waals surface area (Å²) in [6, 6.07) is 30.2. The molecule has 4 aromatic carbocycles. The summed E-state index contributed by atoms with van der Waals surface area (Å²) in [6.07, 6.45) is 2.35.